The molecule has 0 spiro atoms. The Balaban J connectivity index is 1.92. The van der Waals surface area contributed by atoms with Gasteiger partial charge in [-0.05, 0) is 51.3 Å². The van der Waals surface area contributed by atoms with Gasteiger partial charge in [-0.1, -0.05) is 29.8 Å². The number of rotatable bonds is 3. The van der Waals surface area contributed by atoms with E-state index >= 15 is 0 Å². The first kappa shape index (κ1) is 16.3. The van der Waals surface area contributed by atoms with Crippen LogP contribution in [0.2, 0.25) is 0 Å². The van der Waals surface area contributed by atoms with Crippen LogP contribution in [-0.2, 0) is 6.54 Å². The lowest BCUT2D eigenvalue weighted by Crippen LogP contribution is -2.52. The number of nitrogens with zero attached hydrogens (tertiary/aromatic N) is 1. The molecule has 2 nitrogen and oxygen atoms in total. The lowest BCUT2D eigenvalue weighted by molar-refractivity contribution is -0.275. The highest BCUT2D eigenvalue weighted by molar-refractivity contribution is 5.22. The summed E-state index contributed by atoms with van der Waals surface area (Å²) in [6.45, 7) is 4.85. The minimum atomic E-state index is -4.56. The van der Waals surface area contributed by atoms with Crippen molar-refractivity contribution in [3.05, 3.63) is 35.4 Å². The first-order valence-corrected chi connectivity index (χ1v) is 7.27. The van der Waals surface area contributed by atoms with Crippen LogP contribution in [0.5, 0.6) is 0 Å². The molecular weight excluding hydrogens is 279 g/mol. The third-order valence-electron chi connectivity index (χ3n) is 4.45. The van der Waals surface area contributed by atoms with E-state index in [4.69, 9.17) is 0 Å². The summed E-state index contributed by atoms with van der Waals surface area (Å²) in [6.07, 6.45) is -3.81. The summed E-state index contributed by atoms with van der Waals surface area (Å²) in [4.78, 5) is 2.15. The van der Waals surface area contributed by atoms with Gasteiger partial charge < -0.3 is 5.11 Å². The van der Waals surface area contributed by atoms with Gasteiger partial charge in [0.15, 0.2) is 5.60 Å². The highest BCUT2D eigenvalue weighted by Gasteiger charge is 2.54. The first-order valence-electron chi connectivity index (χ1n) is 7.27. The Morgan fingerprint density at radius 2 is 1.86 bits per heavy atom. The van der Waals surface area contributed by atoms with Crippen LogP contribution in [0.4, 0.5) is 13.2 Å². The molecule has 1 aliphatic rings. The third-order valence-corrected chi connectivity index (χ3v) is 4.45. The number of piperidine rings is 1. The molecule has 1 N–H and O–H groups in total. The minimum Gasteiger partial charge on any atom is -0.380 e. The molecule has 0 bridgehead atoms. The number of hydrogen-bond acceptors (Lipinski definition) is 2. The van der Waals surface area contributed by atoms with E-state index in [9.17, 15) is 18.3 Å². The molecule has 0 radical (unpaired) electrons. The third kappa shape index (κ3) is 3.77. The predicted octanol–water partition coefficient (Wildman–Crippen LogP) is 3.52. The van der Waals surface area contributed by atoms with Crippen molar-refractivity contribution >= 4 is 0 Å². The maximum Gasteiger partial charge on any atom is 0.417 e. The van der Waals surface area contributed by atoms with E-state index in [1.807, 2.05) is 25.1 Å². The Morgan fingerprint density at radius 1 is 1.24 bits per heavy atom. The molecule has 0 saturated carbocycles. The van der Waals surface area contributed by atoms with E-state index in [0.717, 1.165) is 13.5 Å². The van der Waals surface area contributed by atoms with E-state index < -0.39 is 17.7 Å². The topological polar surface area (TPSA) is 23.5 Å². The van der Waals surface area contributed by atoms with Crippen molar-refractivity contribution in [2.45, 2.75) is 45.0 Å². The zero-order valence-corrected chi connectivity index (χ0v) is 12.5. The van der Waals surface area contributed by atoms with Gasteiger partial charge in [-0.25, -0.2) is 0 Å². The van der Waals surface area contributed by atoms with Crippen LogP contribution in [-0.4, -0.2) is 34.9 Å². The Morgan fingerprint density at radius 3 is 2.38 bits per heavy atom. The molecule has 1 fully saturated rings. The van der Waals surface area contributed by atoms with E-state index in [1.54, 1.807) is 0 Å². The second kappa shape index (κ2) is 5.97. The first-order chi connectivity index (χ1) is 9.70. The number of alkyl halides is 3. The average molecular weight is 301 g/mol. The smallest absolute Gasteiger partial charge is 0.380 e. The molecule has 1 aromatic carbocycles. The van der Waals surface area contributed by atoms with Crippen molar-refractivity contribution in [2.24, 2.45) is 5.92 Å². The standard InChI is InChI=1S/C16H22F3NO/c1-12-4-3-5-13(10-12)11-20-8-6-14(7-9-20)15(2,21)16(17,18)19/h3-5,10,14,21H,6-9,11H2,1-2H3. The molecule has 0 aromatic heterocycles. The summed E-state index contributed by atoms with van der Waals surface area (Å²) >= 11 is 0. The van der Waals surface area contributed by atoms with Gasteiger partial charge in [0.2, 0.25) is 0 Å². The SMILES string of the molecule is Cc1cccc(CN2CCC(C(C)(O)C(F)(F)F)CC2)c1. The summed E-state index contributed by atoms with van der Waals surface area (Å²) in [7, 11) is 0. The quantitative estimate of drug-likeness (QED) is 0.923. The van der Waals surface area contributed by atoms with Gasteiger partial charge in [-0.15, -0.1) is 0 Å². The monoisotopic (exact) mass is 301 g/mol. The van der Waals surface area contributed by atoms with E-state index in [1.165, 1.54) is 11.1 Å². The van der Waals surface area contributed by atoms with Gasteiger partial charge >= 0.3 is 6.18 Å². The van der Waals surface area contributed by atoms with Crippen molar-refractivity contribution in [1.29, 1.82) is 0 Å². The Kier molecular flexibility index (Phi) is 4.63. The van der Waals surface area contributed by atoms with Crippen LogP contribution in [0.3, 0.4) is 0 Å². The molecule has 21 heavy (non-hydrogen) atoms. The van der Waals surface area contributed by atoms with Crippen LogP contribution in [0.1, 0.15) is 30.9 Å². The molecule has 0 aliphatic carbocycles. The fourth-order valence-electron chi connectivity index (χ4n) is 2.95. The number of halogens is 3. The summed E-state index contributed by atoms with van der Waals surface area (Å²) in [5.74, 6) is -0.716. The maximum atomic E-state index is 12.8. The van der Waals surface area contributed by atoms with Crippen molar-refractivity contribution in [2.75, 3.05) is 13.1 Å². The lowest BCUT2D eigenvalue weighted by Gasteiger charge is -2.40. The summed E-state index contributed by atoms with van der Waals surface area (Å²) < 4.78 is 38.5. The van der Waals surface area contributed by atoms with Crippen LogP contribution < -0.4 is 0 Å². The molecule has 1 aromatic rings. The molecule has 1 atom stereocenters. The molecule has 1 saturated heterocycles. The average Bonchev–Trinajstić information content (AvgIpc) is 2.38. The van der Waals surface area contributed by atoms with Crippen molar-refractivity contribution < 1.29 is 18.3 Å². The largest absolute Gasteiger partial charge is 0.417 e. The normalized spacial score (nSPS) is 21.2. The highest BCUT2D eigenvalue weighted by atomic mass is 19.4. The molecular formula is C16H22F3NO. The summed E-state index contributed by atoms with van der Waals surface area (Å²) in [5, 5.41) is 9.74. The Bertz CT molecular complexity index is 477. The summed E-state index contributed by atoms with van der Waals surface area (Å²) in [5.41, 5.74) is -0.221. The molecule has 0 amide bonds. The van der Waals surface area contributed by atoms with E-state index in [0.29, 0.717) is 25.9 Å². The number of aliphatic hydroxyl groups is 1. The van der Waals surface area contributed by atoms with Crippen LogP contribution >= 0.6 is 0 Å². The lowest BCUT2D eigenvalue weighted by atomic mass is 9.81. The maximum absolute atomic E-state index is 12.8. The second-order valence-electron chi connectivity index (χ2n) is 6.18. The summed E-state index contributed by atoms with van der Waals surface area (Å²) in [6, 6.07) is 8.14. The molecule has 1 heterocycles. The number of hydrogen-bond donors (Lipinski definition) is 1. The number of aryl methyl sites for hydroxylation is 1. The second-order valence-corrected chi connectivity index (χ2v) is 6.18. The van der Waals surface area contributed by atoms with Gasteiger partial charge in [0.05, 0.1) is 0 Å². The zero-order valence-electron chi connectivity index (χ0n) is 12.5. The Hall–Kier alpha value is -1.07. The van der Waals surface area contributed by atoms with E-state index in [-0.39, 0.29) is 0 Å². The molecule has 2 rings (SSSR count). The minimum absolute atomic E-state index is 0.373. The number of likely N-dealkylation sites (tertiary alicyclic amines) is 1. The van der Waals surface area contributed by atoms with Gasteiger partial charge in [0.25, 0.3) is 0 Å². The van der Waals surface area contributed by atoms with Gasteiger partial charge in [-0.3, -0.25) is 4.90 Å². The van der Waals surface area contributed by atoms with Crippen molar-refractivity contribution in [3.8, 4) is 0 Å². The van der Waals surface area contributed by atoms with Crippen LogP contribution in [0.25, 0.3) is 0 Å². The van der Waals surface area contributed by atoms with Gasteiger partial charge in [-0.2, -0.15) is 13.2 Å². The zero-order chi connectivity index (χ0) is 15.7. The molecule has 1 aliphatic heterocycles. The Labute approximate surface area is 123 Å². The highest BCUT2D eigenvalue weighted by Crippen LogP contribution is 2.40. The van der Waals surface area contributed by atoms with E-state index in [2.05, 4.69) is 11.0 Å². The van der Waals surface area contributed by atoms with Crippen LogP contribution in [0, 0.1) is 12.8 Å². The molecule has 5 heteroatoms. The van der Waals surface area contributed by atoms with Crippen molar-refractivity contribution in [3.63, 3.8) is 0 Å². The van der Waals surface area contributed by atoms with Crippen molar-refractivity contribution in [1.82, 2.24) is 4.90 Å². The predicted molar refractivity (Wildman–Crippen MR) is 75.9 cm³/mol. The van der Waals surface area contributed by atoms with Gasteiger partial charge in [0, 0.05) is 6.54 Å². The molecule has 118 valence electrons. The fraction of sp³-hybridized carbons (Fsp3) is 0.625. The number of benzene rings is 1. The molecule has 1 unspecified atom stereocenters. The van der Waals surface area contributed by atoms with Gasteiger partial charge in [0.1, 0.15) is 0 Å². The van der Waals surface area contributed by atoms with Crippen LogP contribution in [0.15, 0.2) is 24.3 Å². The fourth-order valence-corrected chi connectivity index (χ4v) is 2.95.